The van der Waals surface area contributed by atoms with Gasteiger partial charge in [0, 0.05) is 17.4 Å². The molecule has 0 aromatic heterocycles. The highest BCUT2D eigenvalue weighted by molar-refractivity contribution is 5.84. The molecule has 0 saturated heterocycles. The number of nitriles is 1. The van der Waals surface area contributed by atoms with Gasteiger partial charge in [0.1, 0.15) is 6.04 Å². The van der Waals surface area contributed by atoms with Gasteiger partial charge in [-0.3, -0.25) is 4.79 Å². The predicted molar refractivity (Wildman–Crippen MR) is 76.5 cm³/mol. The van der Waals surface area contributed by atoms with E-state index in [2.05, 4.69) is 16.7 Å². The summed E-state index contributed by atoms with van der Waals surface area (Å²) in [6, 6.07) is 7.17. The number of nitrogens with one attached hydrogen (secondary N) is 2. The molecular formula is C14H20N4O. The van der Waals surface area contributed by atoms with Crippen LogP contribution in [0.5, 0.6) is 0 Å². The molecule has 1 amide bonds. The maximum atomic E-state index is 11.8. The SMILES string of the molecule is CC(C)NC(=O)C(C)Nc1ccc(N)c(CC#N)c1. The van der Waals surface area contributed by atoms with Gasteiger partial charge in [-0.25, -0.2) is 0 Å². The van der Waals surface area contributed by atoms with Gasteiger partial charge in [0.2, 0.25) is 5.91 Å². The summed E-state index contributed by atoms with van der Waals surface area (Å²) in [5.41, 5.74) is 7.91. The lowest BCUT2D eigenvalue weighted by Gasteiger charge is -2.17. The zero-order valence-corrected chi connectivity index (χ0v) is 11.5. The fourth-order valence-electron chi connectivity index (χ4n) is 1.66. The summed E-state index contributed by atoms with van der Waals surface area (Å²) in [5.74, 6) is -0.0614. The third-order valence-electron chi connectivity index (χ3n) is 2.62. The van der Waals surface area contributed by atoms with Gasteiger partial charge in [-0.05, 0) is 44.5 Å². The fourth-order valence-corrected chi connectivity index (χ4v) is 1.66. The predicted octanol–water partition coefficient (Wildman–Crippen LogP) is 1.66. The fraction of sp³-hybridized carbons (Fsp3) is 0.429. The lowest BCUT2D eigenvalue weighted by Crippen LogP contribution is -2.40. The monoisotopic (exact) mass is 260 g/mol. The smallest absolute Gasteiger partial charge is 0.242 e. The minimum absolute atomic E-state index is 0.0614. The number of nitrogens with two attached hydrogens (primary N) is 1. The molecule has 4 N–H and O–H groups in total. The summed E-state index contributed by atoms with van der Waals surface area (Å²) < 4.78 is 0. The number of hydrogen-bond acceptors (Lipinski definition) is 4. The first-order chi connectivity index (χ1) is 8.93. The Hall–Kier alpha value is -2.22. The molecule has 19 heavy (non-hydrogen) atoms. The van der Waals surface area contributed by atoms with Gasteiger partial charge in [-0.15, -0.1) is 0 Å². The van der Waals surface area contributed by atoms with Gasteiger partial charge in [0.15, 0.2) is 0 Å². The Morgan fingerprint density at radius 3 is 2.68 bits per heavy atom. The summed E-state index contributed by atoms with van der Waals surface area (Å²) in [6.07, 6.45) is 0.258. The van der Waals surface area contributed by atoms with E-state index in [0.717, 1.165) is 11.3 Å². The average molecular weight is 260 g/mol. The number of carbonyl (C=O) groups excluding carboxylic acids is 1. The van der Waals surface area contributed by atoms with E-state index in [4.69, 9.17) is 11.0 Å². The zero-order chi connectivity index (χ0) is 14.4. The van der Waals surface area contributed by atoms with Crippen molar-refractivity contribution in [2.24, 2.45) is 0 Å². The van der Waals surface area contributed by atoms with Crippen molar-refractivity contribution in [2.75, 3.05) is 11.1 Å². The number of hydrogen-bond donors (Lipinski definition) is 3. The van der Waals surface area contributed by atoms with Crippen LogP contribution in [0.4, 0.5) is 11.4 Å². The van der Waals surface area contributed by atoms with Crippen molar-refractivity contribution in [1.29, 1.82) is 5.26 Å². The molecule has 1 unspecified atom stereocenters. The quantitative estimate of drug-likeness (QED) is 0.702. The zero-order valence-electron chi connectivity index (χ0n) is 11.5. The summed E-state index contributed by atoms with van der Waals surface area (Å²) in [5, 5.41) is 14.6. The van der Waals surface area contributed by atoms with E-state index in [1.807, 2.05) is 13.8 Å². The van der Waals surface area contributed by atoms with Gasteiger partial charge < -0.3 is 16.4 Å². The van der Waals surface area contributed by atoms with E-state index in [1.165, 1.54) is 0 Å². The number of rotatable bonds is 5. The second-order valence-corrected chi connectivity index (χ2v) is 4.78. The van der Waals surface area contributed by atoms with E-state index < -0.39 is 0 Å². The van der Waals surface area contributed by atoms with E-state index in [1.54, 1.807) is 25.1 Å². The van der Waals surface area contributed by atoms with Crippen LogP contribution < -0.4 is 16.4 Å². The Bertz CT molecular complexity index is 491. The highest BCUT2D eigenvalue weighted by Gasteiger charge is 2.13. The molecule has 0 aliphatic rings. The Labute approximate surface area is 113 Å². The molecule has 0 heterocycles. The van der Waals surface area contributed by atoms with E-state index in [0.29, 0.717) is 5.69 Å². The van der Waals surface area contributed by atoms with Crippen LogP contribution in [-0.2, 0) is 11.2 Å². The third kappa shape index (κ3) is 4.51. The van der Waals surface area contributed by atoms with Crippen molar-refractivity contribution >= 4 is 17.3 Å². The Balaban J connectivity index is 2.74. The summed E-state index contributed by atoms with van der Waals surface area (Å²) in [4.78, 5) is 11.8. The lowest BCUT2D eigenvalue weighted by atomic mass is 10.1. The van der Waals surface area contributed by atoms with E-state index in [-0.39, 0.29) is 24.4 Å². The van der Waals surface area contributed by atoms with Gasteiger partial charge in [-0.2, -0.15) is 5.26 Å². The third-order valence-corrected chi connectivity index (χ3v) is 2.62. The summed E-state index contributed by atoms with van der Waals surface area (Å²) in [7, 11) is 0. The second kappa shape index (κ2) is 6.64. The largest absolute Gasteiger partial charge is 0.398 e. The highest BCUT2D eigenvalue weighted by Crippen LogP contribution is 2.18. The minimum atomic E-state index is -0.346. The van der Waals surface area contributed by atoms with Crippen LogP contribution in [0.3, 0.4) is 0 Å². The molecule has 0 radical (unpaired) electrons. The maximum absolute atomic E-state index is 11.8. The van der Waals surface area contributed by atoms with Crippen LogP contribution in [0.15, 0.2) is 18.2 Å². The van der Waals surface area contributed by atoms with E-state index in [9.17, 15) is 4.79 Å². The minimum Gasteiger partial charge on any atom is -0.398 e. The number of amides is 1. The Morgan fingerprint density at radius 1 is 1.42 bits per heavy atom. The van der Waals surface area contributed by atoms with Crippen molar-refractivity contribution < 1.29 is 4.79 Å². The number of benzene rings is 1. The molecule has 0 fully saturated rings. The average Bonchev–Trinajstić information content (AvgIpc) is 2.32. The van der Waals surface area contributed by atoms with Crippen molar-refractivity contribution in [3.63, 3.8) is 0 Å². The standard InChI is InChI=1S/C14H20N4O/c1-9(2)17-14(19)10(3)18-12-4-5-13(16)11(8-12)6-7-15/h4-5,8-10,18H,6,16H2,1-3H3,(H,17,19). The molecule has 0 saturated carbocycles. The van der Waals surface area contributed by atoms with Gasteiger partial charge in [0.25, 0.3) is 0 Å². The number of carbonyl (C=O) groups is 1. The molecule has 1 atom stereocenters. The van der Waals surface area contributed by atoms with Crippen LogP contribution in [0, 0.1) is 11.3 Å². The van der Waals surface area contributed by atoms with Crippen molar-refractivity contribution in [3.05, 3.63) is 23.8 Å². The van der Waals surface area contributed by atoms with Crippen LogP contribution >= 0.6 is 0 Å². The highest BCUT2D eigenvalue weighted by atomic mass is 16.2. The normalized spacial score (nSPS) is 11.7. The molecule has 1 aromatic carbocycles. The van der Waals surface area contributed by atoms with Crippen LogP contribution in [-0.4, -0.2) is 18.0 Å². The number of nitrogen functional groups attached to an aromatic ring is 1. The van der Waals surface area contributed by atoms with Gasteiger partial charge in [0.05, 0.1) is 12.5 Å². The second-order valence-electron chi connectivity index (χ2n) is 4.78. The first-order valence-electron chi connectivity index (χ1n) is 6.26. The Kier molecular flexibility index (Phi) is 5.19. The van der Waals surface area contributed by atoms with Crippen molar-refractivity contribution in [3.8, 4) is 6.07 Å². The summed E-state index contributed by atoms with van der Waals surface area (Å²) >= 11 is 0. The molecule has 0 aliphatic heterocycles. The molecule has 0 bridgehead atoms. The molecule has 5 heteroatoms. The first kappa shape index (κ1) is 14.8. The molecule has 0 spiro atoms. The van der Waals surface area contributed by atoms with Gasteiger partial charge in [-0.1, -0.05) is 0 Å². The molecule has 1 aromatic rings. The molecule has 5 nitrogen and oxygen atoms in total. The lowest BCUT2D eigenvalue weighted by molar-refractivity contribution is -0.122. The van der Waals surface area contributed by atoms with Crippen LogP contribution in [0.2, 0.25) is 0 Å². The maximum Gasteiger partial charge on any atom is 0.242 e. The molecular weight excluding hydrogens is 240 g/mol. The Morgan fingerprint density at radius 2 is 2.11 bits per heavy atom. The number of anilines is 2. The first-order valence-corrected chi connectivity index (χ1v) is 6.26. The van der Waals surface area contributed by atoms with E-state index >= 15 is 0 Å². The topological polar surface area (TPSA) is 90.9 Å². The molecule has 102 valence electrons. The molecule has 0 aliphatic carbocycles. The summed E-state index contributed by atoms with van der Waals surface area (Å²) in [6.45, 7) is 5.62. The van der Waals surface area contributed by atoms with Crippen molar-refractivity contribution in [1.82, 2.24) is 5.32 Å². The van der Waals surface area contributed by atoms with Gasteiger partial charge >= 0.3 is 0 Å². The van der Waals surface area contributed by atoms with Crippen molar-refractivity contribution in [2.45, 2.75) is 39.3 Å². The van der Waals surface area contributed by atoms with Crippen LogP contribution in [0.1, 0.15) is 26.3 Å². The number of nitrogens with zero attached hydrogens (tertiary/aromatic N) is 1. The van der Waals surface area contributed by atoms with Crippen LogP contribution in [0.25, 0.3) is 0 Å². The molecule has 1 rings (SSSR count).